The number of carbonyl (C=O) groups is 1. The van der Waals surface area contributed by atoms with Crippen LogP contribution < -0.4 is 15.0 Å². The number of nitro benzene ring substituents is 1. The number of nitro groups is 1. The summed E-state index contributed by atoms with van der Waals surface area (Å²) in [6.45, 7) is 4.46. The van der Waals surface area contributed by atoms with Gasteiger partial charge < -0.3 is 15.0 Å². The highest BCUT2D eigenvalue weighted by Crippen LogP contribution is 2.29. The molecule has 0 saturated heterocycles. The quantitative estimate of drug-likeness (QED) is 0.584. The Bertz CT molecular complexity index is 820. The van der Waals surface area contributed by atoms with Crippen LogP contribution in [-0.4, -0.2) is 31.5 Å². The van der Waals surface area contributed by atoms with Crippen LogP contribution in [0.15, 0.2) is 36.4 Å². The number of benzene rings is 2. The molecule has 2 rings (SSSR count). The number of nitrogens with one attached hydrogen (secondary N) is 2. The van der Waals surface area contributed by atoms with Gasteiger partial charge in [0.25, 0.3) is 11.6 Å². The molecule has 0 saturated carbocycles. The molecular formula is C19H24N3O4+. The molecule has 26 heavy (non-hydrogen) atoms. The molecule has 0 fully saturated rings. The van der Waals surface area contributed by atoms with Crippen molar-refractivity contribution in [2.24, 2.45) is 0 Å². The van der Waals surface area contributed by atoms with Gasteiger partial charge in [0.05, 0.1) is 19.1 Å². The fraction of sp³-hybridized carbons (Fsp3) is 0.316. The summed E-state index contributed by atoms with van der Waals surface area (Å²) in [4.78, 5) is 24.1. The van der Waals surface area contributed by atoms with Gasteiger partial charge in [-0.1, -0.05) is 18.2 Å². The minimum Gasteiger partial charge on any atom is -0.497 e. The number of hydrogen-bond donors (Lipinski definition) is 2. The highest BCUT2D eigenvalue weighted by molar-refractivity contribution is 5.95. The fourth-order valence-electron chi connectivity index (χ4n) is 2.76. The number of nitrogens with zero attached hydrogens (tertiary/aromatic N) is 1. The molecule has 1 unspecified atom stereocenters. The van der Waals surface area contributed by atoms with E-state index in [2.05, 4.69) is 5.32 Å². The minimum atomic E-state index is -0.477. The summed E-state index contributed by atoms with van der Waals surface area (Å²) in [5, 5.41) is 13.9. The summed E-state index contributed by atoms with van der Waals surface area (Å²) in [7, 11) is 3.51. The maximum Gasteiger partial charge on any atom is 0.293 e. The van der Waals surface area contributed by atoms with Crippen molar-refractivity contribution in [1.82, 2.24) is 0 Å². The Kier molecular flexibility index (Phi) is 6.30. The molecular weight excluding hydrogens is 334 g/mol. The first kappa shape index (κ1) is 19.4. The van der Waals surface area contributed by atoms with Crippen molar-refractivity contribution in [3.63, 3.8) is 0 Å². The third kappa shape index (κ3) is 4.80. The van der Waals surface area contributed by atoms with E-state index in [4.69, 9.17) is 4.74 Å². The van der Waals surface area contributed by atoms with E-state index in [1.165, 1.54) is 6.07 Å². The van der Waals surface area contributed by atoms with Gasteiger partial charge in [0.2, 0.25) is 0 Å². The Labute approximate surface area is 152 Å². The van der Waals surface area contributed by atoms with Gasteiger partial charge >= 0.3 is 0 Å². The Balaban J connectivity index is 2.06. The molecule has 7 nitrogen and oxygen atoms in total. The number of hydrogen-bond acceptors (Lipinski definition) is 4. The molecule has 7 heteroatoms. The first-order valence-corrected chi connectivity index (χ1v) is 8.30. The predicted molar refractivity (Wildman–Crippen MR) is 99.7 cm³/mol. The van der Waals surface area contributed by atoms with E-state index in [9.17, 15) is 14.9 Å². The summed E-state index contributed by atoms with van der Waals surface area (Å²) in [5.74, 6) is 0.507. The number of carbonyl (C=O) groups excluding carboxylic acids is 1. The van der Waals surface area contributed by atoms with Crippen LogP contribution in [0.1, 0.15) is 16.7 Å². The van der Waals surface area contributed by atoms with Gasteiger partial charge in [-0.2, -0.15) is 0 Å². The van der Waals surface area contributed by atoms with E-state index >= 15 is 0 Å². The average Bonchev–Trinajstić information content (AvgIpc) is 2.58. The van der Waals surface area contributed by atoms with Crippen LogP contribution >= 0.6 is 0 Å². The van der Waals surface area contributed by atoms with E-state index in [-0.39, 0.29) is 23.8 Å². The van der Waals surface area contributed by atoms with Crippen LogP contribution in [0.4, 0.5) is 11.4 Å². The molecule has 2 aromatic carbocycles. The maximum absolute atomic E-state index is 12.4. The molecule has 2 N–H and O–H groups in total. The smallest absolute Gasteiger partial charge is 0.293 e. The van der Waals surface area contributed by atoms with Crippen molar-refractivity contribution in [3.05, 3.63) is 63.2 Å². The van der Waals surface area contributed by atoms with Crippen molar-refractivity contribution in [3.8, 4) is 5.75 Å². The number of aryl methyl sites for hydroxylation is 1. The molecule has 0 radical (unpaired) electrons. The zero-order chi connectivity index (χ0) is 19.3. The van der Waals surface area contributed by atoms with E-state index in [0.717, 1.165) is 21.8 Å². The van der Waals surface area contributed by atoms with Gasteiger partial charge in [-0.3, -0.25) is 14.9 Å². The normalized spacial score (nSPS) is 11.7. The lowest BCUT2D eigenvalue weighted by molar-refractivity contribution is -0.885. The SMILES string of the molecule is COc1cccc(C[NH+](C)CC(=O)Nc2c([N+](=O)[O-])ccc(C)c2C)c1. The van der Waals surface area contributed by atoms with E-state index in [0.29, 0.717) is 12.1 Å². The maximum atomic E-state index is 12.4. The summed E-state index contributed by atoms with van der Waals surface area (Å²) in [5.41, 5.74) is 2.83. The van der Waals surface area contributed by atoms with Crippen LogP contribution in [0, 0.1) is 24.0 Å². The molecule has 138 valence electrons. The first-order valence-electron chi connectivity index (χ1n) is 8.30. The number of ether oxygens (including phenoxy) is 1. The lowest BCUT2D eigenvalue weighted by Gasteiger charge is -2.15. The van der Waals surface area contributed by atoms with Crippen LogP contribution in [0.2, 0.25) is 0 Å². The zero-order valence-electron chi connectivity index (χ0n) is 15.5. The van der Waals surface area contributed by atoms with Crippen molar-refractivity contribution in [1.29, 1.82) is 0 Å². The largest absolute Gasteiger partial charge is 0.497 e. The fourth-order valence-corrected chi connectivity index (χ4v) is 2.76. The van der Waals surface area contributed by atoms with Crippen molar-refractivity contribution in [2.45, 2.75) is 20.4 Å². The second-order valence-corrected chi connectivity index (χ2v) is 6.37. The highest BCUT2D eigenvalue weighted by Gasteiger charge is 2.21. The zero-order valence-corrected chi connectivity index (χ0v) is 15.5. The third-order valence-electron chi connectivity index (χ3n) is 4.28. The Morgan fingerprint density at radius 3 is 2.65 bits per heavy atom. The predicted octanol–water partition coefficient (Wildman–Crippen LogP) is 1.87. The molecule has 0 aliphatic carbocycles. The van der Waals surface area contributed by atoms with Crippen LogP contribution in [0.3, 0.4) is 0 Å². The lowest BCUT2D eigenvalue weighted by atomic mass is 10.1. The average molecular weight is 358 g/mol. The summed E-state index contributed by atoms with van der Waals surface area (Å²) in [6, 6.07) is 10.8. The Morgan fingerprint density at radius 1 is 1.27 bits per heavy atom. The number of rotatable bonds is 7. The molecule has 0 aliphatic heterocycles. The Morgan fingerprint density at radius 2 is 2.00 bits per heavy atom. The van der Waals surface area contributed by atoms with E-state index in [1.54, 1.807) is 20.1 Å². The van der Waals surface area contributed by atoms with Gasteiger partial charge in [-0.25, -0.2) is 0 Å². The van der Waals surface area contributed by atoms with Crippen LogP contribution in [-0.2, 0) is 11.3 Å². The molecule has 0 aromatic heterocycles. The molecule has 1 atom stereocenters. The first-order chi connectivity index (χ1) is 12.3. The molecule has 0 aliphatic rings. The van der Waals surface area contributed by atoms with Gasteiger partial charge in [0.1, 0.15) is 18.0 Å². The number of quaternary nitrogens is 1. The number of methoxy groups -OCH3 is 1. The van der Waals surface area contributed by atoms with Crippen molar-refractivity contribution in [2.75, 3.05) is 26.0 Å². The topological polar surface area (TPSA) is 85.9 Å². The van der Waals surface area contributed by atoms with Gasteiger partial charge in [0.15, 0.2) is 6.54 Å². The lowest BCUT2D eigenvalue weighted by Crippen LogP contribution is -3.08. The van der Waals surface area contributed by atoms with E-state index in [1.807, 2.05) is 38.2 Å². The summed E-state index contributed by atoms with van der Waals surface area (Å²) >= 11 is 0. The molecule has 1 amide bonds. The second-order valence-electron chi connectivity index (χ2n) is 6.37. The van der Waals surface area contributed by atoms with Gasteiger partial charge in [0, 0.05) is 11.6 Å². The highest BCUT2D eigenvalue weighted by atomic mass is 16.6. The van der Waals surface area contributed by atoms with Gasteiger partial charge in [-0.15, -0.1) is 0 Å². The molecule has 0 heterocycles. The number of amides is 1. The standard InChI is InChI=1S/C19H23N3O4/c1-13-8-9-17(22(24)25)19(14(13)2)20-18(23)12-21(3)11-15-6-5-7-16(10-15)26-4/h5-10H,11-12H2,1-4H3,(H,20,23)/p+1. The van der Waals surface area contributed by atoms with Crippen molar-refractivity contribution >= 4 is 17.3 Å². The minimum absolute atomic E-state index is 0.0908. The monoisotopic (exact) mass is 358 g/mol. The molecule has 0 bridgehead atoms. The summed E-state index contributed by atoms with van der Waals surface area (Å²) < 4.78 is 5.20. The molecule has 2 aromatic rings. The van der Waals surface area contributed by atoms with Crippen LogP contribution in [0.5, 0.6) is 5.75 Å². The number of likely N-dealkylation sites (N-methyl/N-ethyl adjacent to an activating group) is 1. The Hall–Kier alpha value is -2.93. The van der Waals surface area contributed by atoms with E-state index < -0.39 is 4.92 Å². The van der Waals surface area contributed by atoms with Gasteiger partial charge in [-0.05, 0) is 37.1 Å². The third-order valence-corrected chi connectivity index (χ3v) is 4.28. The molecule has 0 spiro atoms. The van der Waals surface area contributed by atoms with Crippen LogP contribution in [0.25, 0.3) is 0 Å². The van der Waals surface area contributed by atoms with Crippen molar-refractivity contribution < 1.29 is 19.4 Å². The summed E-state index contributed by atoms with van der Waals surface area (Å²) in [6.07, 6.45) is 0. The number of anilines is 1. The second kappa shape index (κ2) is 8.44.